The fraction of sp³-hybridized carbons (Fsp3) is 0.619. The highest BCUT2D eigenvalue weighted by Gasteiger charge is 2.28. The van der Waals surface area contributed by atoms with E-state index in [1.54, 1.807) is 0 Å². The Morgan fingerprint density at radius 2 is 2.00 bits per heavy atom. The maximum absolute atomic E-state index is 13.2. The van der Waals surface area contributed by atoms with Gasteiger partial charge in [0.2, 0.25) is 5.91 Å². The molecule has 1 saturated heterocycles. The van der Waals surface area contributed by atoms with Gasteiger partial charge in [0.25, 0.3) is 0 Å². The molecule has 6 nitrogen and oxygen atoms in total. The highest BCUT2D eigenvalue weighted by molar-refractivity contribution is 5.81. The molecule has 2 unspecified atom stereocenters. The number of likely N-dealkylation sites (N-methyl/N-ethyl adjacent to an activating group) is 1. The second-order valence-corrected chi connectivity index (χ2v) is 7.82. The summed E-state index contributed by atoms with van der Waals surface area (Å²) in [5, 5.41) is 6.75. The Morgan fingerprint density at radius 3 is 2.57 bits per heavy atom. The predicted octanol–water partition coefficient (Wildman–Crippen LogP) is 2.24. The number of carbonyl (C=O) groups excluding carboxylic acids is 1. The van der Waals surface area contributed by atoms with E-state index in [1.165, 1.54) is 12.1 Å². The third kappa shape index (κ3) is 6.19. The predicted molar refractivity (Wildman–Crippen MR) is 112 cm³/mol. The zero-order chi connectivity index (χ0) is 20.7. The van der Waals surface area contributed by atoms with Crippen molar-refractivity contribution in [3.05, 3.63) is 35.6 Å². The molecule has 0 aliphatic carbocycles. The van der Waals surface area contributed by atoms with Crippen molar-refractivity contribution in [3.63, 3.8) is 0 Å². The van der Waals surface area contributed by atoms with Crippen LogP contribution in [0.15, 0.2) is 29.3 Å². The molecule has 1 heterocycles. The molecule has 1 aromatic carbocycles. The van der Waals surface area contributed by atoms with E-state index in [4.69, 9.17) is 4.99 Å². The van der Waals surface area contributed by atoms with Crippen LogP contribution in [0.1, 0.15) is 38.8 Å². The summed E-state index contributed by atoms with van der Waals surface area (Å²) in [7, 11) is 3.99. The summed E-state index contributed by atoms with van der Waals surface area (Å²) < 4.78 is 13.2. The number of benzene rings is 1. The van der Waals surface area contributed by atoms with Crippen molar-refractivity contribution in [1.29, 1.82) is 0 Å². The molecule has 1 fully saturated rings. The number of halogens is 1. The van der Waals surface area contributed by atoms with Gasteiger partial charge in [-0.05, 0) is 45.1 Å². The van der Waals surface area contributed by atoms with E-state index >= 15 is 0 Å². The van der Waals surface area contributed by atoms with E-state index in [2.05, 4.69) is 15.5 Å². The van der Waals surface area contributed by atoms with Crippen LogP contribution < -0.4 is 10.6 Å². The zero-order valence-electron chi connectivity index (χ0n) is 17.7. The largest absolute Gasteiger partial charge is 0.357 e. The van der Waals surface area contributed by atoms with Crippen LogP contribution in [0.2, 0.25) is 0 Å². The number of carbonyl (C=O) groups is 1. The van der Waals surface area contributed by atoms with E-state index < -0.39 is 0 Å². The molecule has 0 aromatic heterocycles. The SMILES string of the molecule is CCNC(=NCC(c1ccc(F)cc1)N(C)C)NC1CCN(C(=O)C(C)C)C1. The average molecular weight is 392 g/mol. The lowest BCUT2D eigenvalue weighted by Crippen LogP contribution is -2.45. The van der Waals surface area contributed by atoms with E-state index in [1.807, 2.05) is 51.9 Å². The quantitative estimate of drug-likeness (QED) is 0.553. The van der Waals surface area contributed by atoms with Gasteiger partial charge < -0.3 is 20.4 Å². The number of aliphatic imine (C=N–C) groups is 1. The zero-order valence-corrected chi connectivity index (χ0v) is 17.7. The monoisotopic (exact) mass is 391 g/mol. The molecule has 0 spiro atoms. The van der Waals surface area contributed by atoms with Crippen LogP contribution >= 0.6 is 0 Å². The number of nitrogens with one attached hydrogen (secondary N) is 2. The molecule has 2 atom stereocenters. The second-order valence-electron chi connectivity index (χ2n) is 7.82. The van der Waals surface area contributed by atoms with Gasteiger partial charge in [0, 0.05) is 31.6 Å². The van der Waals surface area contributed by atoms with Crippen molar-refractivity contribution >= 4 is 11.9 Å². The molecule has 7 heteroatoms. The van der Waals surface area contributed by atoms with Crippen LogP contribution in [-0.2, 0) is 4.79 Å². The number of hydrogen-bond acceptors (Lipinski definition) is 3. The van der Waals surface area contributed by atoms with Crippen molar-refractivity contribution < 1.29 is 9.18 Å². The number of amides is 1. The Bertz CT molecular complexity index is 659. The van der Waals surface area contributed by atoms with Crippen LogP contribution in [-0.4, -0.2) is 68.0 Å². The molecular formula is C21H34FN5O. The first-order valence-corrected chi connectivity index (χ1v) is 10.1. The summed E-state index contributed by atoms with van der Waals surface area (Å²) in [6.45, 7) is 8.70. The third-order valence-corrected chi connectivity index (χ3v) is 4.98. The number of hydrogen-bond donors (Lipinski definition) is 2. The van der Waals surface area contributed by atoms with Gasteiger partial charge in [-0.25, -0.2) is 4.39 Å². The molecule has 2 rings (SSSR count). The van der Waals surface area contributed by atoms with Crippen LogP contribution in [0, 0.1) is 11.7 Å². The molecule has 0 saturated carbocycles. The Morgan fingerprint density at radius 1 is 1.32 bits per heavy atom. The summed E-state index contributed by atoms with van der Waals surface area (Å²) in [6.07, 6.45) is 0.915. The summed E-state index contributed by atoms with van der Waals surface area (Å²) in [5.41, 5.74) is 1.03. The maximum Gasteiger partial charge on any atom is 0.225 e. The summed E-state index contributed by atoms with van der Waals surface area (Å²) in [6, 6.07) is 6.84. The van der Waals surface area contributed by atoms with Crippen molar-refractivity contribution in [2.24, 2.45) is 10.9 Å². The van der Waals surface area contributed by atoms with Crippen molar-refractivity contribution in [2.75, 3.05) is 40.3 Å². The van der Waals surface area contributed by atoms with E-state index in [-0.39, 0.29) is 29.7 Å². The Kier molecular flexibility index (Phi) is 8.23. The van der Waals surface area contributed by atoms with Gasteiger partial charge in [-0.1, -0.05) is 26.0 Å². The first kappa shape index (κ1) is 22.1. The third-order valence-electron chi connectivity index (χ3n) is 4.98. The highest BCUT2D eigenvalue weighted by atomic mass is 19.1. The minimum Gasteiger partial charge on any atom is -0.357 e. The van der Waals surface area contributed by atoms with E-state index in [0.717, 1.165) is 31.0 Å². The fourth-order valence-electron chi connectivity index (χ4n) is 3.39. The number of guanidine groups is 1. The van der Waals surface area contributed by atoms with Crippen LogP contribution in [0.3, 0.4) is 0 Å². The van der Waals surface area contributed by atoms with Gasteiger partial charge in [-0.3, -0.25) is 9.79 Å². The van der Waals surface area contributed by atoms with Gasteiger partial charge in [0.1, 0.15) is 5.82 Å². The Hall–Kier alpha value is -2.15. The molecule has 2 N–H and O–H groups in total. The number of rotatable bonds is 7. The van der Waals surface area contributed by atoms with Crippen LogP contribution in [0.5, 0.6) is 0 Å². The van der Waals surface area contributed by atoms with E-state index in [9.17, 15) is 9.18 Å². The lowest BCUT2D eigenvalue weighted by molar-refractivity contribution is -0.133. The molecule has 1 aromatic rings. The van der Waals surface area contributed by atoms with E-state index in [0.29, 0.717) is 13.1 Å². The normalized spacial score (nSPS) is 18.6. The molecule has 1 aliphatic rings. The molecule has 1 aliphatic heterocycles. The fourth-order valence-corrected chi connectivity index (χ4v) is 3.39. The minimum absolute atomic E-state index is 0.0252. The summed E-state index contributed by atoms with van der Waals surface area (Å²) in [5.74, 6) is 0.745. The Balaban J connectivity index is 2.02. The van der Waals surface area contributed by atoms with Crippen molar-refractivity contribution in [1.82, 2.24) is 20.4 Å². The molecule has 156 valence electrons. The Labute approximate surface area is 168 Å². The van der Waals surface area contributed by atoms with Crippen molar-refractivity contribution in [3.8, 4) is 0 Å². The van der Waals surface area contributed by atoms with Gasteiger partial charge >= 0.3 is 0 Å². The smallest absolute Gasteiger partial charge is 0.225 e. The number of nitrogens with zero attached hydrogens (tertiary/aromatic N) is 3. The lowest BCUT2D eigenvalue weighted by Gasteiger charge is -2.24. The minimum atomic E-state index is -0.235. The van der Waals surface area contributed by atoms with Gasteiger partial charge in [0.15, 0.2) is 5.96 Å². The van der Waals surface area contributed by atoms with Crippen LogP contribution in [0.4, 0.5) is 4.39 Å². The average Bonchev–Trinajstić information content (AvgIpc) is 3.10. The highest BCUT2D eigenvalue weighted by Crippen LogP contribution is 2.19. The summed E-state index contributed by atoms with van der Waals surface area (Å²) in [4.78, 5) is 21.0. The molecule has 0 radical (unpaired) electrons. The van der Waals surface area contributed by atoms with Gasteiger partial charge in [-0.15, -0.1) is 0 Å². The first-order chi connectivity index (χ1) is 13.3. The van der Waals surface area contributed by atoms with Crippen LogP contribution in [0.25, 0.3) is 0 Å². The molecule has 28 heavy (non-hydrogen) atoms. The first-order valence-electron chi connectivity index (χ1n) is 10.1. The summed E-state index contributed by atoms with van der Waals surface area (Å²) >= 11 is 0. The topological polar surface area (TPSA) is 60.0 Å². The molecule has 0 bridgehead atoms. The van der Waals surface area contributed by atoms with Crippen molar-refractivity contribution in [2.45, 2.75) is 39.3 Å². The maximum atomic E-state index is 13.2. The number of likely N-dealkylation sites (tertiary alicyclic amines) is 1. The lowest BCUT2D eigenvalue weighted by atomic mass is 10.1. The molecular weight excluding hydrogens is 357 g/mol. The second kappa shape index (κ2) is 10.4. The van der Waals surface area contributed by atoms with Gasteiger partial charge in [0.05, 0.1) is 12.6 Å². The standard InChI is InChI=1S/C21H34FN5O/c1-6-23-21(25-18-11-12-27(14-18)20(28)15(2)3)24-13-19(26(4)5)16-7-9-17(22)10-8-16/h7-10,15,18-19H,6,11-14H2,1-5H3,(H2,23,24,25). The molecule has 1 amide bonds. The van der Waals surface area contributed by atoms with Gasteiger partial charge in [-0.2, -0.15) is 0 Å².